The highest BCUT2D eigenvalue weighted by molar-refractivity contribution is 5.94. The SMILES string of the molecule is COC(=O)CCCCCN1CCC(=C2c3ccccc3C=Cc3ccccc32)CC1.Cl. The number of fused-ring (bicyclic) bond motifs is 2. The summed E-state index contributed by atoms with van der Waals surface area (Å²) in [4.78, 5) is 13.8. The van der Waals surface area contributed by atoms with Crippen molar-refractivity contribution in [1.82, 2.24) is 4.90 Å². The van der Waals surface area contributed by atoms with Crippen LogP contribution in [0, 0.1) is 0 Å². The lowest BCUT2D eigenvalue weighted by atomic mass is 9.86. The Bertz CT molecular complexity index is 902. The lowest BCUT2D eigenvalue weighted by Gasteiger charge is -2.30. The first-order valence-corrected chi connectivity index (χ1v) is 11.1. The number of unbranched alkanes of at least 4 members (excludes halogenated alkanes) is 2. The highest BCUT2D eigenvalue weighted by atomic mass is 35.5. The number of rotatable bonds is 6. The first-order valence-electron chi connectivity index (χ1n) is 11.1. The van der Waals surface area contributed by atoms with Gasteiger partial charge in [0.2, 0.25) is 0 Å². The van der Waals surface area contributed by atoms with Gasteiger partial charge >= 0.3 is 5.97 Å². The second kappa shape index (κ2) is 11.3. The fourth-order valence-corrected chi connectivity index (χ4v) is 4.63. The average molecular weight is 438 g/mol. The van der Waals surface area contributed by atoms with Gasteiger partial charge in [0.1, 0.15) is 0 Å². The first-order chi connectivity index (χ1) is 14.8. The molecule has 1 fully saturated rings. The Hall–Kier alpha value is -2.36. The molecule has 1 aliphatic heterocycles. The molecule has 4 rings (SSSR count). The topological polar surface area (TPSA) is 29.5 Å². The summed E-state index contributed by atoms with van der Waals surface area (Å²) in [7, 11) is 1.46. The number of hydrogen-bond acceptors (Lipinski definition) is 3. The van der Waals surface area contributed by atoms with E-state index in [-0.39, 0.29) is 18.4 Å². The summed E-state index contributed by atoms with van der Waals surface area (Å²) >= 11 is 0. The van der Waals surface area contributed by atoms with Crippen LogP contribution in [0.25, 0.3) is 17.7 Å². The number of nitrogens with zero attached hydrogens (tertiary/aromatic N) is 1. The van der Waals surface area contributed by atoms with Gasteiger partial charge in [-0.3, -0.25) is 4.79 Å². The van der Waals surface area contributed by atoms with E-state index in [1.165, 1.54) is 34.9 Å². The third-order valence-electron chi connectivity index (χ3n) is 6.30. The molecule has 1 saturated heterocycles. The van der Waals surface area contributed by atoms with E-state index >= 15 is 0 Å². The van der Waals surface area contributed by atoms with E-state index in [2.05, 4.69) is 65.6 Å². The summed E-state index contributed by atoms with van der Waals surface area (Å²) < 4.78 is 4.72. The maximum Gasteiger partial charge on any atom is 0.305 e. The van der Waals surface area contributed by atoms with E-state index in [0.29, 0.717) is 6.42 Å². The van der Waals surface area contributed by atoms with E-state index < -0.39 is 0 Å². The van der Waals surface area contributed by atoms with Gasteiger partial charge in [0.15, 0.2) is 0 Å². The Morgan fingerprint density at radius 1 is 0.871 bits per heavy atom. The van der Waals surface area contributed by atoms with Crippen molar-refractivity contribution >= 4 is 36.1 Å². The van der Waals surface area contributed by atoms with Crippen molar-refractivity contribution in [3.8, 4) is 0 Å². The van der Waals surface area contributed by atoms with Crippen LogP contribution < -0.4 is 0 Å². The zero-order chi connectivity index (χ0) is 20.8. The van der Waals surface area contributed by atoms with Crippen LogP contribution in [-0.4, -0.2) is 37.6 Å². The quantitative estimate of drug-likeness (QED) is 0.338. The van der Waals surface area contributed by atoms with Gasteiger partial charge in [0, 0.05) is 19.5 Å². The highest BCUT2D eigenvalue weighted by Gasteiger charge is 2.22. The maximum absolute atomic E-state index is 11.2. The minimum atomic E-state index is -0.0947. The van der Waals surface area contributed by atoms with Crippen LogP contribution >= 0.6 is 12.4 Å². The number of ether oxygens (including phenoxy) is 1. The van der Waals surface area contributed by atoms with Crippen molar-refractivity contribution in [2.75, 3.05) is 26.7 Å². The Morgan fingerprint density at radius 2 is 1.45 bits per heavy atom. The van der Waals surface area contributed by atoms with Gasteiger partial charge < -0.3 is 9.64 Å². The van der Waals surface area contributed by atoms with E-state index in [1.54, 1.807) is 5.57 Å². The van der Waals surface area contributed by atoms with E-state index in [9.17, 15) is 4.79 Å². The molecular weight excluding hydrogens is 406 g/mol. The minimum Gasteiger partial charge on any atom is -0.469 e. The third-order valence-corrected chi connectivity index (χ3v) is 6.30. The fourth-order valence-electron chi connectivity index (χ4n) is 4.63. The van der Waals surface area contributed by atoms with Gasteiger partial charge in [-0.2, -0.15) is 0 Å². The highest BCUT2D eigenvalue weighted by Crippen LogP contribution is 2.38. The maximum atomic E-state index is 11.2. The molecule has 0 bridgehead atoms. The van der Waals surface area contributed by atoms with Crippen LogP contribution in [0.3, 0.4) is 0 Å². The lowest BCUT2D eigenvalue weighted by molar-refractivity contribution is -0.140. The van der Waals surface area contributed by atoms with Crippen molar-refractivity contribution in [1.29, 1.82) is 0 Å². The number of methoxy groups -OCH3 is 1. The summed E-state index contributed by atoms with van der Waals surface area (Å²) in [6.07, 6.45) is 10.5. The van der Waals surface area contributed by atoms with Crippen LogP contribution in [0.1, 0.15) is 60.8 Å². The number of piperidine rings is 1. The van der Waals surface area contributed by atoms with E-state index in [0.717, 1.165) is 51.7 Å². The molecule has 0 spiro atoms. The summed E-state index contributed by atoms with van der Waals surface area (Å²) in [5.41, 5.74) is 8.38. The van der Waals surface area contributed by atoms with Crippen LogP contribution in [-0.2, 0) is 9.53 Å². The standard InChI is InChI=1S/C27H31NO2.ClH/c1-30-26(29)13-3-2-8-18-28-19-16-23(17-20-28)27-24-11-6-4-9-21(24)14-15-22-10-5-7-12-25(22)27;/h4-7,9-12,14-15H,2-3,8,13,16-20H2,1H3;1H. The molecule has 0 aromatic heterocycles. The molecule has 0 saturated carbocycles. The van der Waals surface area contributed by atoms with Crippen molar-refractivity contribution in [2.24, 2.45) is 0 Å². The Balaban J connectivity index is 0.00000272. The smallest absolute Gasteiger partial charge is 0.305 e. The largest absolute Gasteiger partial charge is 0.469 e. The molecule has 1 heterocycles. The van der Waals surface area contributed by atoms with Gasteiger partial charge in [0.05, 0.1) is 7.11 Å². The van der Waals surface area contributed by atoms with Crippen LogP contribution in [0.4, 0.5) is 0 Å². The number of hydrogen-bond donors (Lipinski definition) is 0. The minimum absolute atomic E-state index is 0. The van der Waals surface area contributed by atoms with Gasteiger partial charge in [-0.05, 0) is 60.1 Å². The second-order valence-corrected chi connectivity index (χ2v) is 8.21. The van der Waals surface area contributed by atoms with Gasteiger partial charge in [-0.1, -0.05) is 72.7 Å². The average Bonchev–Trinajstić information content (AvgIpc) is 2.96. The molecule has 0 atom stereocenters. The Labute approximate surface area is 192 Å². The molecule has 0 amide bonds. The molecule has 31 heavy (non-hydrogen) atoms. The van der Waals surface area contributed by atoms with Crippen molar-refractivity contribution in [3.63, 3.8) is 0 Å². The van der Waals surface area contributed by atoms with Gasteiger partial charge in [-0.25, -0.2) is 0 Å². The molecule has 0 N–H and O–H groups in total. The molecule has 164 valence electrons. The molecule has 2 aliphatic rings. The molecule has 2 aromatic carbocycles. The lowest BCUT2D eigenvalue weighted by Crippen LogP contribution is -2.32. The van der Waals surface area contributed by atoms with E-state index in [1.807, 2.05) is 0 Å². The molecule has 0 unspecified atom stereocenters. The predicted octanol–water partition coefficient (Wildman–Crippen LogP) is 6.22. The second-order valence-electron chi connectivity index (χ2n) is 8.21. The summed E-state index contributed by atoms with van der Waals surface area (Å²) in [6.45, 7) is 3.36. The number of likely N-dealkylation sites (tertiary alicyclic amines) is 1. The van der Waals surface area contributed by atoms with Crippen LogP contribution in [0.5, 0.6) is 0 Å². The van der Waals surface area contributed by atoms with Crippen LogP contribution in [0.15, 0.2) is 54.1 Å². The Kier molecular flexibility index (Phi) is 8.51. The molecule has 2 aromatic rings. The monoisotopic (exact) mass is 437 g/mol. The zero-order valence-corrected chi connectivity index (χ0v) is 19.1. The number of esters is 1. The normalized spacial score (nSPS) is 15.5. The predicted molar refractivity (Wildman–Crippen MR) is 131 cm³/mol. The van der Waals surface area contributed by atoms with Gasteiger partial charge in [-0.15, -0.1) is 12.4 Å². The molecule has 1 aliphatic carbocycles. The number of carbonyl (C=O) groups excluding carboxylic acids is 1. The third kappa shape index (κ3) is 5.66. The van der Waals surface area contributed by atoms with Crippen molar-refractivity contribution in [3.05, 3.63) is 76.4 Å². The van der Waals surface area contributed by atoms with Crippen LogP contribution in [0.2, 0.25) is 0 Å². The molecule has 0 radical (unpaired) electrons. The van der Waals surface area contributed by atoms with Crippen molar-refractivity contribution in [2.45, 2.75) is 38.5 Å². The summed E-state index contributed by atoms with van der Waals surface area (Å²) in [5.74, 6) is -0.0947. The van der Waals surface area contributed by atoms with Crippen molar-refractivity contribution < 1.29 is 9.53 Å². The fraction of sp³-hybridized carbons (Fsp3) is 0.370. The Morgan fingerprint density at radius 3 is 2.03 bits per heavy atom. The number of halogens is 1. The number of benzene rings is 2. The molecular formula is C27H32ClNO2. The molecule has 4 heteroatoms. The summed E-state index contributed by atoms with van der Waals surface area (Å²) in [5, 5.41) is 0. The molecule has 3 nitrogen and oxygen atoms in total. The number of carbonyl (C=O) groups is 1. The van der Waals surface area contributed by atoms with Gasteiger partial charge in [0.25, 0.3) is 0 Å². The summed E-state index contributed by atoms with van der Waals surface area (Å²) in [6, 6.07) is 17.6. The zero-order valence-electron chi connectivity index (χ0n) is 18.3. The first kappa shape index (κ1) is 23.3. The van der Waals surface area contributed by atoms with E-state index in [4.69, 9.17) is 4.74 Å².